The van der Waals surface area contributed by atoms with Gasteiger partial charge in [-0.2, -0.15) is 0 Å². The third-order valence-electron chi connectivity index (χ3n) is 2.99. The first kappa shape index (κ1) is 13.6. The van der Waals surface area contributed by atoms with Crippen molar-refractivity contribution in [1.82, 2.24) is 0 Å². The van der Waals surface area contributed by atoms with Crippen molar-refractivity contribution in [3.8, 4) is 0 Å². The molecule has 0 saturated carbocycles. The Morgan fingerprint density at radius 1 is 1.05 bits per heavy atom. The van der Waals surface area contributed by atoms with Crippen LogP contribution in [0.25, 0.3) is 0 Å². The Kier molecular flexibility index (Phi) is 3.90. The van der Waals surface area contributed by atoms with E-state index >= 15 is 0 Å². The summed E-state index contributed by atoms with van der Waals surface area (Å²) in [5.74, 6) is -2.40. The molecule has 2 rings (SSSR count). The van der Waals surface area contributed by atoms with Gasteiger partial charge in [0.25, 0.3) is 0 Å². The van der Waals surface area contributed by atoms with Crippen LogP contribution in [-0.4, -0.2) is 5.11 Å². The van der Waals surface area contributed by atoms with Crippen LogP contribution in [0.3, 0.4) is 0 Å². The van der Waals surface area contributed by atoms with Gasteiger partial charge < -0.3 is 5.11 Å². The molecule has 0 amide bonds. The molecule has 0 fully saturated rings. The Bertz CT molecular complexity index is 596. The highest BCUT2D eigenvalue weighted by atomic mass is 19.2. The summed E-state index contributed by atoms with van der Waals surface area (Å²) in [5.41, 5.74) is 0.999. The van der Waals surface area contributed by atoms with Gasteiger partial charge >= 0.3 is 0 Å². The van der Waals surface area contributed by atoms with Crippen LogP contribution in [0.5, 0.6) is 0 Å². The van der Waals surface area contributed by atoms with Crippen molar-refractivity contribution in [3.63, 3.8) is 0 Å². The lowest BCUT2D eigenvalue weighted by Gasteiger charge is -2.13. The van der Waals surface area contributed by atoms with E-state index in [4.69, 9.17) is 0 Å². The second kappa shape index (κ2) is 5.45. The fourth-order valence-corrected chi connectivity index (χ4v) is 1.93. The van der Waals surface area contributed by atoms with Crippen molar-refractivity contribution in [2.45, 2.75) is 19.4 Å². The van der Waals surface area contributed by atoms with Gasteiger partial charge in [0.1, 0.15) is 5.82 Å². The zero-order valence-electron chi connectivity index (χ0n) is 10.3. The van der Waals surface area contributed by atoms with E-state index in [-0.39, 0.29) is 12.0 Å². The summed E-state index contributed by atoms with van der Waals surface area (Å²) in [5, 5.41) is 9.98. The smallest absolute Gasteiger partial charge is 0.159 e. The van der Waals surface area contributed by atoms with Gasteiger partial charge in [-0.05, 0) is 30.2 Å². The van der Waals surface area contributed by atoms with Gasteiger partial charge in [-0.25, -0.2) is 13.2 Å². The Hall–Kier alpha value is -1.81. The third-order valence-corrected chi connectivity index (χ3v) is 2.99. The molecule has 1 atom stereocenters. The Balaban J connectivity index is 2.23. The summed E-state index contributed by atoms with van der Waals surface area (Å²) in [6, 6.07) is 8.09. The summed E-state index contributed by atoms with van der Waals surface area (Å²) < 4.78 is 39.6. The lowest BCUT2D eigenvalue weighted by molar-refractivity contribution is 0.173. The quantitative estimate of drug-likeness (QED) is 0.898. The van der Waals surface area contributed by atoms with Crippen LogP contribution in [0, 0.1) is 24.4 Å². The molecule has 0 radical (unpaired) electrons. The summed E-state index contributed by atoms with van der Waals surface area (Å²) in [6.07, 6.45) is -1.07. The van der Waals surface area contributed by atoms with Crippen molar-refractivity contribution in [2.75, 3.05) is 0 Å². The molecule has 0 bridgehead atoms. The van der Waals surface area contributed by atoms with E-state index in [1.807, 2.05) is 0 Å². The van der Waals surface area contributed by atoms with Crippen molar-refractivity contribution in [1.29, 1.82) is 0 Å². The molecule has 100 valence electrons. The topological polar surface area (TPSA) is 20.2 Å². The average molecular weight is 266 g/mol. The lowest BCUT2D eigenvalue weighted by atomic mass is 9.99. The molecule has 0 aliphatic carbocycles. The number of aryl methyl sites for hydroxylation is 1. The highest BCUT2D eigenvalue weighted by molar-refractivity contribution is 5.28. The second-order valence-corrected chi connectivity index (χ2v) is 4.45. The highest BCUT2D eigenvalue weighted by Crippen LogP contribution is 2.23. The van der Waals surface area contributed by atoms with Crippen molar-refractivity contribution >= 4 is 0 Å². The first-order valence-electron chi connectivity index (χ1n) is 5.86. The van der Waals surface area contributed by atoms with Crippen molar-refractivity contribution in [2.24, 2.45) is 0 Å². The van der Waals surface area contributed by atoms with Gasteiger partial charge in [-0.1, -0.05) is 24.3 Å². The number of halogens is 3. The van der Waals surface area contributed by atoms with Gasteiger partial charge in [0.05, 0.1) is 6.10 Å². The summed E-state index contributed by atoms with van der Waals surface area (Å²) in [6.45, 7) is 1.60. The molecule has 0 spiro atoms. The van der Waals surface area contributed by atoms with Crippen LogP contribution < -0.4 is 0 Å². The highest BCUT2D eigenvalue weighted by Gasteiger charge is 2.15. The SMILES string of the molecule is Cc1cccc(C(O)Cc2ccc(F)c(F)c2)c1F. The first-order chi connectivity index (χ1) is 8.99. The van der Waals surface area contributed by atoms with Gasteiger partial charge in [0, 0.05) is 12.0 Å². The van der Waals surface area contributed by atoms with E-state index in [0.717, 1.165) is 12.1 Å². The molecule has 19 heavy (non-hydrogen) atoms. The third kappa shape index (κ3) is 2.96. The largest absolute Gasteiger partial charge is 0.388 e. The molecule has 0 saturated heterocycles. The zero-order chi connectivity index (χ0) is 14.0. The Labute approximate surface area is 109 Å². The van der Waals surface area contributed by atoms with Crippen LogP contribution in [0.4, 0.5) is 13.2 Å². The molecule has 0 aliphatic heterocycles. The number of hydrogen-bond acceptors (Lipinski definition) is 1. The summed E-state index contributed by atoms with van der Waals surface area (Å²) >= 11 is 0. The minimum Gasteiger partial charge on any atom is -0.388 e. The van der Waals surface area contributed by atoms with Crippen LogP contribution in [0.2, 0.25) is 0 Å². The number of benzene rings is 2. The molecule has 2 aromatic rings. The minimum atomic E-state index is -1.09. The Morgan fingerprint density at radius 3 is 2.47 bits per heavy atom. The maximum absolute atomic E-state index is 13.8. The molecular formula is C15H13F3O. The van der Waals surface area contributed by atoms with E-state index in [1.165, 1.54) is 12.1 Å². The van der Waals surface area contributed by atoms with Gasteiger partial charge in [0.2, 0.25) is 0 Å². The van der Waals surface area contributed by atoms with Gasteiger partial charge in [-0.3, -0.25) is 0 Å². The maximum atomic E-state index is 13.8. The van der Waals surface area contributed by atoms with Crippen LogP contribution in [-0.2, 0) is 6.42 Å². The molecule has 4 heteroatoms. The zero-order valence-corrected chi connectivity index (χ0v) is 10.3. The predicted octanol–water partition coefficient (Wildman–Crippen LogP) is 3.69. The first-order valence-corrected chi connectivity index (χ1v) is 5.86. The number of hydrogen-bond donors (Lipinski definition) is 1. The van der Waals surface area contributed by atoms with Crippen molar-refractivity contribution < 1.29 is 18.3 Å². The van der Waals surface area contributed by atoms with Gasteiger partial charge in [-0.15, -0.1) is 0 Å². The predicted molar refractivity (Wildman–Crippen MR) is 66.2 cm³/mol. The molecule has 1 nitrogen and oxygen atoms in total. The summed E-state index contributed by atoms with van der Waals surface area (Å²) in [7, 11) is 0. The molecule has 1 unspecified atom stereocenters. The fourth-order valence-electron chi connectivity index (χ4n) is 1.93. The normalized spacial score (nSPS) is 12.5. The molecule has 2 aromatic carbocycles. The van der Waals surface area contributed by atoms with Crippen LogP contribution in [0.15, 0.2) is 36.4 Å². The van der Waals surface area contributed by atoms with E-state index in [0.29, 0.717) is 11.1 Å². The number of aliphatic hydroxyl groups excluding tert-OH is 1. The van der Waals surface area contributed by atoms with E-state index in [1.54, 1.807) is 19.1 Å². The van der Waals surface area contributed by atoms with Gasteiger partial charge in [0.15, 0.2) is 11.6 Å². The minimum absolute atomic E-state index is 0.0254. The van der Waals surface area contributed by atoms with E-state index in [9.17, 15) is 18.3 Å². The van der Waals surface area contributed by atoms with Crippen LogP contribution in [0.1, 0.15) is 22.8 Å². The van der Waals surface area contributed by atoms with E-state index < -0.39 is 23.6 Å². The molecular weight excluding hydrogens is 253 g/mol. The number of aliphatic hydroxyl groups is 1. The van der Waals surface area contributed by atoms with Crippen LogP contribution >= 0.6 is 0 Å². The van der Waals surface area contributed by atoms with E-state index in [2.05, 4.69) is 0 Å². The standard InChI is InChI=1S/C15H13F3O/c1-9-3-2-4-11(15(9)18)14(19)8-10-5-6-12(16)13(17)7-10/h2-7,14,19H,8H2,1H3. The Morgan fingerprint density at radius 2 is 1.79 bits per heavy atom. The molecule has 0 aliphatic rings. The average Bonchev–Trinajstić information content (AvgIpc) is 2.37. The number of rotatable bonds is 3. The molecule has 0 heterocycles. The lowest BCUT2D eigenvalue weighted by Crippen LogP contribution is -2.06. The molecule has 1 N–H and O–H groups in total. The van der Waals surface area contributed by atoms with Crippen molar-refractivity contribution in [3.05, 3.63) is 70.5 Å². The second-order valence-electron chi connectivity index (χ2n) is 4.45. The monoisotopic (exact) mass is 266 g/mol. The maximum Gasteiger partial charge on any atom is 0.159 e. The summed E-state index contributed by atoms with van der Waals surface area (Å²) in [4.78, 5) is 0. The fraction of sp³-hybridized carbons (Fsp3) is 0.200. The molecule has 0 aromatic heterocycles.